The molecule has 8 heteroatoms. The molecular formula is C25H33IN4O3. The van der Waals surface area contributed by atoms with Gasteiger partial charge in [-0.15, -0.1) is 24.0 Å². The van der Waals surface area contributed by atoms with Gasteiger partial charge in [0.2, 0.25) is 5.89 Å². The molecule has 0 bridgehead atoms. The zero-order chi connectivity index (χ0) is 22.6. The Kier molecular flexibility index (Phi) is 11.6. The first-order chi connectivity index (χ1) is 15.7. The standard InChI is InChI=1S/C25H32N4O3.HI/c1-4-26-25(28-17-21-18-32-24(29-21)20-11-7-6-8-12-20)27-15-9-10-19-13-14-22(30-3)23(16-19)31-5-2;/h6-8,11-14,16,18H,4-5,9-10,15,17H2,1-3H3,(H2,26,27,28);1H. The van der Waals surface area contributed by atoms with E-state index >= 15 is 0 Å². The molecule has 2 N–H and O–H groups in total. The highest BCUT2D eigenvalue weighted by Gasteiger charge is 2.07. The van der Waals surface area contributed by atoms with Crippen LogP contribution < -0.4 is 20.1 Å². The van der Waals surface area contributed by atoms with Gasteiger partial charge in [-0.05, 0) is 56.5 Å². The molecule has 33 heavy (non-hydrogen) atoms. The van der Waals surface area contributed by atoms with Gasteiger partial charge in [-0.25, -0.2) is 9.98 Å². The van der Waals surface area contributed by atoms with Gasteiger partial charge >= 0.3 is 0 Å². The number of hydrogen-bond donors (Lipinski definition) is 2. The summed E-state index contributed by atoms with van der Waals surface area (Å²) in [7, 11) is 1.66. The number of benzene rings is 2. The molecule has 1 heterocycles. The van der Waals surface area contributed by atoms with Crippen LogP contribution in [0.15, 0.2) is 64.2 Å². The molecule has 0 fully saturated rings. The minimum Gasteiger partial charge on any atom is -0.493 e. The number of halogens is 1. The van der Waals surface area contributed by atoms with Crippen LogP contribution in [0.3, 0.4) is 0 Å². The zero-order valence-corrected chi connectivity index (χ0v) is 21.8. The summed E-state index contributed by atoms with van der Waals surface area (Å²) in [5, 5.41) is 6.66. The second-order valence-corrected chi connectivity index (χ2v) is 7.15. The van der Waals surface area contributed by atoms with Crippen LogP contribution >= 0.6 is 24.0 Å². The molecule has 3 aromatic rings. The quantitative estimate of drug-likeness (QED) is 0.147. The number of methoxy groups -OCH3 is 1. The van der Waals surface area contributed by atoms with Gasteiger partial charge in [-0.1, -0.05) is 24.3 Å². The summed E-state index contributed by atoms with van der Waals surface area (Å²) >= 11 is 0. The minimum atomic E-state index is 0. The average Bonchev–Trinajstić information content (AvgIpc) is 3.30. The summed E-state index contributed by atoms with van der Waals surface area (Å²) in [5.41, 5.74) is 2.97. The predicted molar refractivity (Wildman–Crippen MR) is 143 cm³/mol. The van der Waals surface area contributed by atoms with Crippen molar-refractivity contribution in [3.8, 4) is 23.0 Å². The summed E-state index contributed by atoms with van der Waals surface area (Å²) in [6, 6.07) is 15.9. The van der Waals surface area contributed by atoms with Crippen LogP contribution in [-0.2, 0) is 13.0 Å². The third kappa shape index (κ3) is 8.27. The first kappa shape index (κ1) is 26.5. The molecule has 0 atom stereocenters. The second-order valence-electron chi connectivity index (χ2n) is 7.15. The Bertz CT molecular complexity index is 992. The fourth-order valence-corrected chi connectivity index (χ4v) is 3.24. The molecule has 7 nitrogen and oxygen atoms in total. The molecule has 0 spiro atoms. The molecule has 0 aliphatic rings. The zero-order valence-electron chi connectivity index (χ0n) is 19.5. The van der Waals surface area contributed by atoms with E-state index < -0.39 is 0 Å². The Hall–Kier alpha value is -2.75. The normalized spacial score (nSPS) is 10.9. The van der Waals surface area contributed by atoms with Crippen molar-refractivity contribution in [1.29, 1.82) is 0 Å². The number of aryl methyl sites for hydroxylation is 1. The highest BCUT2D eigenvalue weighted by Crippen LogP contribution is 2.28. The van der Waals surface area contributed by atoms with Gasteiger partial charge in [-0.2, -0.15) is 0 Å². The van der Waals surface area contributed by atoms with Crippen LogP contribution in [0, 0.1) is 0 Å². The molecule has 0 saturated carbocycles. The fraction of sp³-hybridized carbons (Fsp3) is 0.360. The maximum absolute atomic E-state index is 5.67. The van der Waals surface area contributed by atoms with Gasteiger partial charge in [-0.3, -0.25) is 0 Å². The van der Waals surface area contributed by atoms with E-state index in [0.717, 1.165) is 54.6 Å². The highest BCUT2D eigenvalue weighted by atomic mass is 127. The van der Waals surface area contributed by atoms with Gasteiger partial charge in [0.05, 0.1) is 20.3 Å². The van der Waals surface area contributed by atoms with Crippen molar-refractivity contribution < 1.29 is 13.9 Å². The van der Waals surface area contributed by atoms with Gasteiger partial charge in [0.15, 0.2) is 17.5 Å². The number of guanidine groups is 1. The van der Waals surface area contributed by atoms with Crippen LogP contribution in [0.4, 0.5) is 0 Å². The average molecular weight is 564 g/mol. The topological polar surface area (TPSA) is 80.9 Å². The van der Waals surface area contributed by atoms with Crippen molar-refractivity contribution in [3.63, 3.8) is 0 Å². The second kappa shape index (κ2) is 14.4. The van der Waals surface area contributed by atoms with Gasteiger partial charge in [0, 0.05) is 18.7 Å². The third-order valence-corrected chi connectivity index (χ3v) is 4.78. The lowest BCUT2D eigenvalue weighted by molar-refractivity contribution is 0.310. The summed E-state index contributed by atoms with van der Waals surface area (Å²) < 4.78 is 16.6. The number of aromatic nitrogens is 1. The fourth-order valence-electron chi connectivity index (χ4n) is 3.24. The predicted octanol–water partition coefficient (Wildman–Crippen LogP) is 5.05. The van der Waals surface area contributed by atoms with E-state index in [4.69, 9.17) is 13.9 Å². The molecule has 0 amide bonds. The van der Waals surface area contributed by atoms with Crippen molar-refractivity contribution >= 4 is 29.9 Å². The number of nitrogens with zero attached hydrogens (tertiary/aromatic N) is 2. The number of oxazole rings is 1. The van der Waals surface area contributed by atoms with Gasteiger partial charge < -0.3 is 24.5 Å². The summed E-state index contributed by atoms with van der Waals surface area (Å²) in [6.07, 6.45) is 3.56. The Morgan fingerprint density at radius 1 is 1.06 bits per heavy atom. The molecule has 1 aromatic heterocycles. The summed E-state index contributed by atoms with van der Waals surface area (Å²) in [5.74, 6) is 2.93. The lowest BCUT2D eigenvalue weighted by Crippen LogP contribution is -2.37. The Labute approximate surface area is 213 Å². The van der Waals surface area contributed by atoms with Crippen molar-refractivity contribution in [2.75, 3.05) is 26.8 Å². The lowest BCUT2D eigenvalue weighted by Gasteiger charge is -2.12. The largest absolute Gasteiger partial charge is 0.493 e. The van der Waals surface area contributed by atoms with Crippen molar-refractivity contribution in [2.24, 2.45) is 4.99 Å². The van der Waals surface area contributed by atoms with Gasteiger partial charge in [0.1, 0.15) is 12.0 Å². The van der Waals surface area contributed by atoms with E-state index in [9.17, 15) is 0 Å². The SMILES string of the molecule is CCNC(=NCc1coc(-c2ccccc2)n1)NCCCc1ccc(OC)c(OCC)c1.I. The first-order valence-electron chi connectivity index (χ1n) is 11.0. The van der Waals surface area contributed by atoms with Crippen molar-refractivity contribution in [2.45, 2.75) is 33.2 Å². The number of hydrogen-bond acceptors (Lipinski definition) is 5. The number of ether oxygens (including phenoxy) is 2. The molecule has 0 unspecified atom stereocenters. The van der Waals surface area contributed by atoms with Crippen LogP contribution in [0.5, 0.6) is 11.5 Å². The molecule has 0 aliphatic heterocycles. The molecule has 0 aliphatic carbocycles. The number of rotatable bonds is 11. The Morgan fingerprint density at radius 2 is 1.88 bits per heavy atom. The summed E-state index contributed by atoms with van der Waals surface area (Å²) in [6.45, 7) is 6.67. The maximum Gasteiger partial charge on any atom is 0.226 e. The van der Waals surface area contributed by atoms with Crippen LogP contribution in [0.1, 0.15) is 31.5 Å². The molecule has 2 aromatic carbocycles. The number of nitrogens with one attached hydrogen (secondary N) is 2. The number of aliphatic imine (C=N–C) groups is 1. The van der Waals surface area contributed by atoms with Crippen LogP contribution in [0.2, 0.25) is 0 Å². The van der Waals surface area contributed by atoms with Crippen LogP contribution in [-0.4, -0.2) is 37.7 Å². The molecule has 0 saturated heterocycles. The van der Waals surface area contributed by atoms with E-state index in [1.54, 1.807) is 13.4 Å². The monoisotopic (exact) mass is 564 g/mol. The molecule has 0 radical (unpaired) electrons. The highest BCUT2D eigenvalue weighted by molar-refractivity contribution is 14.0. The Morgan fingerprint density at radius 3 is 2.61 bits per heavy atom. The summed E-state index contributed by atoms with van der Waals surface area (Å²) in [4.78, 5) is 9.17. The Balaban J connectivity index is 0.00000385. The van der Waals surface area contributed by atoms with E-state index in [2.05, 4.69) is 32.7 Å². The van der Waals surface area contributed by atoms with Crippen molar-refractivity contribution in [3.05, 3.63) is 66.1 Å². The van der Waals surface area contributed by atoms with Crippen molar-refractivity contribution in [1.82, 2.24) is 15.6 Å². The van der Waals surface area contributed by atoms with Crippen LogP contribution in [0.25, 0.3) is 11.5 Å². The maximum atomic E-state index is 5.67. The van der Waals surface area contributed by atoms with E-state index in [-0.39, 0.29) is 24.0 Å². The van der Waals surface area contributed by atoms with E-state index in [1.165, 1.54) is 5.56 Å². The smallest absolute Gasteiger partial charge is 0.226 e. The first-order valence-corrected chi connectivity index (χ1v) is 11.0. The molecular weight excluding hydrogens is 531 g/mol. The van der Waals surface area contributed by atoms with Gasteiger partial charge in [0.25, 0.3) is 0 Å². The molecule has 3 rings (SSSR count). The van der Waals surface area contributed by atoms with E-state index in [0.29, 0.717) is 19.0 Å². The third-order valence-electron chi connectivity index (χ3n) is 4.78. The van der Waals surface area contributed by atoms with E-state index in [1.807, 2.05) is 50.2 Å². The lowest BCUT2D eigenvalue weighted by atomic mass is 10.1. The minimum absolute atomic E-state index is 0. The molecule has 178 valence electrons.